The fourth-order valence-corrected chi connectivity index (χ4v) is 8.38. The summed E-state index contributed by atoms with van der Waals surface area (Å²) in [4.78, 5) is 57.2. The summed E-state index contributed by atoms with van der Waals surface area (Å²) in [5.74, 6) is 0.0242. The third-order valence-corrected chi connectivity index (χ3v) is 11.8. The first-order chi connectivity index (χ1) is 28.7. The molecule has 1 atom stereocenters. The van der Waals surface area contributed by atoms with E-state index in [1.54, 1.807) is 12.3 Å². The van der Waals surface area contributed by atoms with Crippen LogP contribution in [0.2, 0.25) is 0 Å². The molecule has 4 aliphatic rings. The number of hydrogen-bond donors (Lipinski definition) is 4. The highest BCUT2D eigenvalue weighted by Crippen LogP contribution is 2.33. The molecule has 0 spiro atoms. The summed E-state index contributed by atoms with van der Waals surface area (Å²) in [7, 11) is 0. The van der Waals surface area contributed by atoms with E-state index in [1.807, 2.05) is 54.3 Å². The molecule has 4 N–H and O–H groups in total. The number of benzene rings is 2. The Labute approximate surface area is 345 Å². The molecular formula is C45H56F2N8O4. The lowest BCUT2D eigenvalue weighted by molar-refractivity contribution is -0.133. The van der Waals surface area contributed by atoms with Gasteiger partial charge in [0.05, 0.1) is 6.20 Å². The largest absolute Gasteiger partial charge is 0.374 e. The molecule has 0 bridgehead atoms. The van der Waals surface area contributed by atoms with Crippen LogP contribution in [0.25, 0.3) is 16.8 Å². The van der Waals surface area contributed by atoms with Crippen LogP contribution in [0.5, 0.6) is 0 Å². The molecule has 1 aliphatic carbocycles. The molecule has 12 nitrogen and oxygen atoms in total. The van der Waals surface area contributed by atoms with E-state index in [0.29, 0.717) is 54.1 Å². The normalized spacial score (nSPS) is 20.1. The van der Waals surface area contributed by atoms with Crippen molar-refractivity contribution in [2.24, 2.45) is 5.92 Å². The fourth-order valence-electron chi connectivity index (χ4n) is 8.38. The van der Waals surface area contributed by atoms with Gasteiger partial charge in [0, 0.05) is 49.5 Å². The van der Waals surface area contributed by atoms with Crippen LogP contribution in [-0.2, 0) is 19.2 Å². The van der Waals surface area contributed by atoms with E-state index in [0.717, 1.165) is 94.4 Å². The molecule has 2 aromatic carbocycles. The standard InChI is InChI=1S/C23H31FN4O3.C22H25FN4O/c24-20-13-18(25-21-3-4-22(30)26-23(21)31)1-2-19(20)17-7-11-27(12-8-17)14-16-5-9-28(15-29)10-6-16;1-16(7-6-12-24-15-28)17-8-5-9-18(13-17)21-20(23)14-25-22(27-21)26-19-10-3-2-4-11-19/h1-2,13,15-17,21,25H,3-12,14H2,(H,26,30,31);5-9,12-15,19H,2-4,10-11H2,1H3,(H,24,28)(H,25,26,27)/b;12-6-,16-7+. The van der Waals surface area contributed by atoms with E-state index in [-0.39, 0.29) is 23.5 Å². The predicted octanol–water partition coefficient (Wildman–Crippen LogP) is 6.78. The van der Waals surface area contributed by atoms with Crippen LogP contribution in [-0.4, -0.2) is 89.2 Å². The number of anilines is 2. The van der Waals surface area contributed by atoms with Crippen LogP contribution in [0.4, 0.5) is 20.4 Å². The van der Waals surface area contributed by atoms with Crippen molar-refractivity contribution in [3.63, 3.8) is 0 Å². The lowest BCUT2D eigenvalue weighted by Gasteiger charge is -2.37. The quantitative estimate of drug-likeness (QED) is 0.0833. The Kier molecular flexibility index (Phi) is 15.7. The molecule has 3 saturated heterocycles. The Balaban J connectivity index is 0.000000199. The van der Waals surface area contributed by atoms with E-state index >= 15 is 0 Å². The maximum Gasteiger partial charge on any atom is 0.249 e. The third-order valence-electron chi connectivity index (χ3n) is 11.8. The minimum Gasteiger partial charge on any atom is -0.374 e. The molecule has 4 amide bonds. The highest BCUT2D eigenvalue weighted by atomic mass is 19.1. The zero-order valence-electron chi connectivity index (χ0n) is 33.8. The van der Waals surface area contributed by atoms with E-state index < -0.39 is 11.9 Å². The van der Waals surface area contributed by atoms with Gasteiger partial charge in [-0.05, 0) is 118 Å². The topological polar surface area (TPSA) is 149 Å². The molecule has 1 unspecified atom stereocenters. The summed E-state index contributed by atoms with van der Waals surface area (Å²) in [5.41, 5.74) is 4.24. The molecular weight excluding hydrogens is 755 g/mol. The van der Waals surface area contributed by atoms with Crippen molar-refractivity contribution < 1.29 is 28.0 Å². The van der Waals surface area contributed by atoms with Crippen LogP contribution in [0.3, 0.4) is 0 Å². The molecule has 1 saturated carbocycles. The summed E-state index contributed by atoms with van der Waals surface area (Å²) in [5, 5.41) is 11.2. The van der Waals surface area contributed by atoms with Gasteiger partial charge in [0.15, 0.2) is 5.82 Å². The Morgan fingerprint density at radius 3 is 2.39 bits per heavy atom. The van der Waals surface area contributed by atoms with Gasteiger partial charge in [-0.1, -0.05) is 49.6 Å². The molecule has 314 valence electrons. The fraction of sp³-hybridized carbons (Fsp3) is 0.467. The predicted molar refractivity (Wildman–Crippen MR) is 225 cm³/mol. The monoisotopic (exact) mass is 810 g/mol. The number of allylic oxidation sites excluding steroid dienone is 3. The van der Waals surface area contributed by atoms with Gasteiger partial charge in [-0.25, -0.2) is 18.7 Å². The first-order valence-electron chi connectivity index (χ1n) is 20.9. The van der Waals surface area contributed by atoms with Gasteiger partial charge < -0.3 is 25.8 Å². The first-order valence-corrected chi connectivity index (χ1v) is 20.9. The van der Waals surface area contributed by atoms with Gasteiger partial charge in [0.1, 0.15) is 17.6 Å². The zero-order chi connectivity index (χ0) is 41.6. The Morgan fingerprint density at radius 2 is 1.68 bits per heavy atom. The van der Waals surface area contributed by atoms with E-state index in [1.165, 1.54) is 31.5 Å². The van der Waals surface area contributed by atoms with Gasteiger partial charge in [-0.3, -0.25) is 24.5 Å². The highest BCUT2D eigenvalue weighted by molar-refractivity contribution is 6.01. The van der Waals surface area contributed by atoms with Crippen LogP contribution < -0.4 is 21.3 Å². The smallest absolute Gasteiger partial charge is 0.249 e. The maximum atomic E-state index is 14.8. The van der Waals surface area contributed by atoms with Gasteiger partial charge in [-0.2, -0.15) is 0 Å². The van der Waals surface area contributed by atoms with E-state index in [2.05, 4.69) is 36.1 Å². The van der Waals surface area contributed by atoms with Crippen molar-refractivity contribution in [3.05, 3.63) is 89.8 Å². The second kappa shape index (κ2) is 21.5. The number of carbonyl (C=O) groups is 4. The second-order valence-electron chi connectivity index (χ2n) is 16.0. The van der Waals surface area contributed by atoms with Crippen molar-refractivity contribution >= 4 is 41.8 Å². The molecule has 4 heterocycles. The summed E-state index contributed by atoms with van der Waals surface area (Å²) >= 11 is 0. The number of halogens is 2. The number of amides is 4. The summed E-state index contributed by atoms with van der Waals surface area (Å²) in [6.07, 6.45) is 18.5. The number of nitrogens with one attached hydrogen (secondary N) is 4. The van der Waals surface area contributed by atoms with Crippen molar-refractivity contribution in [2.45, 2.75) is 95.6 Å². The van der Waals surface area contributed by atoms with Crippen molar-refractivity contribution in [3.8, 4) is 11.3 Å². The SMILES string of the molecule is C/C(=C\C=C/NC=O)c1cccc(-c2nc(NC3CCCCC3)ncc2F)c1.O=CN1CCC(CN2CCC(c3ccc(NC4CCC(=O)NC4=O)cc3F)CC2)CC1. The van der Waals surface area contributed by atoms with Crippen molar-refractivity contribution in [1.29, 1.82) is 0 Å². The molecule has 7 rings (SSSR count). The molecule has 0 radical (unpaired) electrons. The van der Waals surface area contributed by atoms with E-state index in [4.69, 9.17) is 0 Å². The molecule has 14 heteroatoms. The Hall–Kier alpha value is -5.50. The lowest BCUT2D eigenvalue weighted by atomic mass is 9.88. The number of imide groups is 1. The summed E-state index contributed by atoms with van der Waals surface area (Å²) in [6.45, 7) is 6.67. The summed E-state index contributed by atoms with van der Waals surface area (Å²) in [6, 6.07) is 12.6. The van der Waals surface area contributed by atoms with Gasteiger partial charge in [-0.15, -0.1) is 0 Å². The van der Waals surface area contributed by atoms with Crippen LogP contribution in [0.1, 0.15) is 94.6 Å². The van der Waals surface area contributed by atoms with Crippen LogP contribution >= 0.6 is 0 Å². The molecule has 4 fully saturated rings. The Morgan fingerprint density at radius 1 is 0.898 bits per heavy atom. The van der Waals surface area contributed by atoms with Gasteiger partial charge in [0.2, 0.25) is 30.6 Å². The number of likely N-dealkylation sites (tertiary alicyclic amines) is 2. The van der Waals surface area contributed by atoms with Crippen molar-refractivity contribution in [1.82, 2.24) is 30.4 Å². The van der Waals surface area contributed by atoms with Gasteiger partial charge >= 0.3 is 0 Å². The second-order valence-corrected chi connectivity index (χ2v) is 16.0. The van der Waals surface area contributed by atoms with Crippen molar-refractivity contribution in [2.75, 3.05) is 43.4 Å². The average molecular weight is 811 g/mol. The third kappa shape index (κ3) is 12.5. The molecule has 3 aliphatic heterocycles. The first kappa shape index (κ1) is 43.1. The number of hydrogen-bond acceptors (Lipinski definition) is 9. The average Bonchev–Trinajstić information content (AvgIpc) is 3.25. The number of piperidine rings is 3. The van der Waals surface area contributed by atoms with Crippen LogP contribution in [0.15, 0.2) is 67.0 Å². The number of rotatable bonds is 13. The highest BCUT2D eigenvalue weighted by Gasteiger charge is 2.28. The number of aromatic nitrogens is 2. The Bertz CT molecular complexity index is 1970. The zero-order valence-corrected chi connectivity index (χ0v) is 33.8. The number of carbonyl (C=O) groups excluding carboxylic acids is 4. The minimum atomic E-state index is -0.510. The number of nitrogens with zero attached hydrogens (tertiary/aromatic N) is 4. The molecule has 1 aromatic heterocycles. The maximum absolute atomic E-state index is 14.8. The molecule has 3 aromatic rings. The minimum absolute atomic E-state index is 0.206. The van der Waals surface area contributed by atoms with Crippen LogP contribution in [0, 0.1) is 17.6 Å². The molecule has 59 heavy (non-hydrogen) atoms. The lowest BCUT2D eigenvalue weighted by Crippen LogP contribution is -2.47. The van der Waals surface area contributed by atoms with Gasteiger partial charge in [0.25, 0.3) is 0 Å². The van der Waals surface area contributed by atoms with E-state index in [9.17, 15) is 28.0 Å². The summed E-state index contributed by atoms with van der Waals surface area (Å²) < 4.78 is 29.3.